The van der Waals surface area contributed by atoms with Crippen LogP contribution in [0, 0.1) is 24.0 Å². The number of rotatable bonds is 6. The molecule has 28 heavy (non-hydrogen) atoms. The third-order valence-electron chi connectivity index (χ3n) is 3.88. The van der Waals surface area contributed by atoms with Gasteiger partial charge < -0.3 is 14.2 Å². The van der Waals surface area contributed by atoms with Crippen LogP contribution in [0.25, 0.3) is 0 Å². The van der Waals surface area contributed by atoms with Gasteiger partial charge in [-0.1, -0.05) is 15.9 Å². The molecular formula is C18H16BrN3O6. The molecule has 2 aromatic rings. The zero-order chi connectivity index (χ0) is 20.3. The van der Waals surface area contributed by atoms with Gasteiger partial charge >= 0.3 is 0 Å². The number of amides is 1. The van der Waals surface area contributed by atoms with Gasteiger partial charge in [-0.25, -0.2) is 5.43 Å². The number of carbonyl (C=O) groups is 1. The van der Waals surface area contributed by atoms with Crippen LogP contribution in [0.1, 0.15) is 16.7 Å². The summed E-state index contributed by atoms with van der Waals surface area (Å²) in [6.45, 7) is 3.50. The summed E-state index contributed by atoms with van der Waals surface area (Å²) < 4.78 is 16.8. The van der Waals surface area contributed by atoms with Crippen molar-refractivity contribution in [2.24, 2.45) is 5.10 Å². The zero-order valence-electron chi connectivity index (χ0n) is 15.0. The van der Waals surface area contributed by atoms with Crippen molar-refractivity contribution in [1.29, 1.82) is 0 Å². The quantitative estimate of drug-likeness (QED) is 0.411. The average Bonchev–Trinajstić information content (AvgIpc) is 3.07. The Morgan fingerprint density at radius 2 is 1.93 bits per heavy atom. The van der Waals surface area contributed by atoms with Crippen LogP contribution in [0.4, 0.5) is 5.69 Å². The van der Waals surface area contributed by atoms with Gasteiger partial charge in [0, 0.05) is 4.47 Å². The predicted octanol–water partition coefficient (Wildman–Crippen LogP) is 3.23. The summed E-state index contributed by atoms with van der Waals surface area (Å²) in [6.07, 6.45) is 1.17. The lowest BCUT2D eigenvalue weighted by atomic mass is 10.1. The van der Waals surface area contributed by atoms with Crippen molar-refractivity contribution in [3.05, 3.63) is 55.5 Å². The molecule has 1 aliphatic rings. The maximum atomic E-state index is 12.0. The van der Waals surface area contributed by atoms with E-state index < -0.39 is 10.8 Å². The van der Waals surface area contributed by atoms with Crippen molar-refractivity contribution >= 4 is 33.7 Å². The molecule has 0 radical (unpaired) electrons. The number of benzene rings is 2. The van der Waals surface area contributed by atoms with Crippen LogP contribution >= 0.6 is 15.9 Å². The van der Waals surface area contributed by atoms with Crippen LogP contribution in [0.15, 0.2) is 33.8 Å². The molecule has 3 rings (SSSR count). The van der Waals surface area contributed by atoms with E-state index in [1.54, 1.807) is 0 Å². The maximum absolute atomic E-state index is 12.0. The molecule has 0 spiro atoms. The molecule has 146 valence electrons. The van der Waals surface area contributed by atoms with Crippen LogP contribution in [0.3, 0.4) is 0 Å². The molecule has 0 aromatic heterocycles. The minimum absolute atomic E-state index is 0.00392. The number of hydrazone groups is 1. The Kier molecular flexibility index (Phi) is 5.78. The number of nitro groups is 1. The van der Waals surface area contributed by atoms with E-state index in [0.29, 0.717) is 17.2 Å². The summed E-state index contributed by atoms with van der Waals surface area (Å²) in [4.78, 5) is 22.6. The molecule has 1 amide bonds. The molecular weight excluding hydrogens is 434 g/mol. The number of fused-ring (bicyclic) bond motifs is 1. The summed E-state index contributed by atoms with van der Waals surface area (Å²) in [5.74, 6) is 0.791. The molecule has 0 bridgehead atoms. The van der Waals surface area contributed by atoms with Gasteiger partial charge in [0.05, 0.1) is 22.8 Å². The largest absolute Gasteiger partial charge is 0.483 e. The fourth-order valence-corrected chi connectivity index (χ4v) is 3.36. The highest BCUT2D eigenvalue weighted by molar-refractivity contribution is 9.10. The fraction of sp³-hybridized carbons (Fsp3) is 0.222. The van der Waals surface area contributed by atoms with E-state index in [9.17, 15) is 14.9 Å². The van der Waals surface area contributed by atoms with Crippen molar-refractivity contribution in [2.75, 3.05) is 13.4 Å². The Balaban J connectivity index is 1.64. The molecule has 1 aliphatic heterocycles. The second kappa shape index (κ2) is 8.26. The minimum atomic E-state index is -0.562. The van der Waals surface area contributed by atoms with Crippen molar-refractivity contribution < 1.29 is 23.9 Å². The first-order valence-corrected chi connectivity index (χ1v) is 8.94. The fourth-order valence-electron chi connectivity index (χ4n) is 2.68. The summed E-state index contributed by atoms with van der Waals surface area (Å²) >= 11 is 3.40. The number of nitrogens with zero attached hydrogens (tertiary/aromatic N) is 2. The van der Waals surface area contributed by atoms with Gasteiger partial charge in [0.15, 0.2) is 18.1 Å². The van der Waals surface area contributed by atoms with Gasteiger partial charge in [-0.2, -0.15) is 5.10 Å². The summed E-state index contributed by atoms with van der Waals surface area (Å²) in [6, 6.07) is 6.46. The van der Waals surface area contributed by atoms with Crippen molar-refractivity contribution in [2.45, 2.75) is 13.8 Å². The van der Waals surface area contributed by atoms with Crippen LogP contribution in [-0.4, -0.2) is 30.4 Å². The van der Waals surface area contributed by atoms with Crippen LogP contribution in [0.2, 0.25) is 0 Å². The van der Waals surface area contributed by atoms with Gasteiger partial charge in [0.25, 0.3) is 11.6 Å². The summed E-state index contributed by atoms with van der Waals surface area (Å²) in [7, 11) is 0. The van der Waals surface area contributed by atoms with E-state index in [1.165, 1.54) is 18.3 Å². The van der Waals surface area contributed by atoms with Gasteiger partial charge in [0.2, 0.25) is 6.79 Å². The maximum Gasteiger partial charge on any atom is 0.282 e. The van der Waals surface area contributed by atoms with Crippen molar-refractivity contribution in [1.82, 2.24) is 5.43 Å². The number of nitrogens with one attached hydrogen (secondary N) is 1. The van der Waals surface area contributed by atoms with Crippen LogP contribution in [-0.2, 0) is 4.79 Å². The van der Waals surface area contributed by atoms with Gasteiger partial charge in [-0.3, -0.25) is 14.9 Å². The molecule has 0 atom stereocenters. The monoisotopic (exact) mass is 449 g/mol. The second-order valence-electron chi connectivity index (χ2n) is 5.97. The first-order chi connectivity index (χ1) is 13.3. The number of aryl methyl sites for hydroxylation is 2. The Labute approximate surface area is 168 Å². The second-order valence-corrected chi connectivity index (χ2v) is 6.89. The lowest BCUT2D eigenvalue weighted by Gasteiger charge is -2.11. The Morgan fingerprint density at radius 1 is 1.29 bits per heavy atom. The number of halogens is 1. The molecule has 0 saturated carbocycles. The van der Waals surface area contributed by atoms with E-state index >= 15 is 0 Å². The third kappa shape index (κ3) is 4.39. The van der Waals surface area contributed by atoms with Crippen molar-refractivity contribution in [3.8, 4) is 17.2 Å². The van der Waals surface area contributed by atoms with Gasteiger partial charge in [-0.05, 0) is 43.2 Å². The summed E-state index contributed by atoms with van der Waals surface area (Å²) in [5, 5.41) is 15.0. The molecule has 1 N–H and O–H groups in total. The Hall–Kier alpha value is -3.14. The topological polar surface area (TPSA) is 112 Å². The standard InChI is InChI=1S/C18H16BrN3O6/c1-10-3-13(19)4-11(2)18(10)26-8-17(23)21-20-7-12-5-15-16(28-9-27-15)6-14(12)22(24)25/h3-7H,8-9H2,1-2H3,(H,21,23)/b20-7+. The molecule has 0 unspecified atom stereocenters. The number of hydrogen-bond donors (Lipinski definition) is 1. The summed E-state index contributed by atoms with van der Waals surface area (Å²) in [5.41, 5.74) is 4.03. The average molecular weight is 450 g/mol. The van der Waals surface area contributed by atoms with Gasteiger partial charge in [-0.15, -0.1) is 0 Å². The third-order valence-corrected chi connectivity index (χ3v) is 4.34. The predicted molar refractivity (Wildman–Crippen MR) is 104 cm³/mol. The highest BCUT2D eigenvalue weighted by Gasteiger charge is 2.22. The zero-order valence-corrected chi connectivity index (χ0v) is 16.6. The Morgan fingerprint density at radius 3 is 2.57 bits per heavy atom. The van der Waals surface area contributed by atoms with E-state index in [1.807, 2.05) is 26.0 Å². The van der Waals surface area contributed by atoms with E-state index in [-0.39, 0.29) is 24.7 Å². The molecule has 1 heterocycles. The number of ether oxygens (including phenoxy) is 3. The molecule has 0 fully saturated rings. The van der Waals surface area contributed by atoms with E-state index in [4.69, 9.17) is 14.2 Å². The highest BCUT2D eigenvalue weighted by atomic mass is 79.9. The molecule has 0 saturated heterocycles. The lowest BCUT2D eigenvalue weighted by molar-refractivity contribution is -0.385. The number of carbonyl (C=O) groups excluding carboxylic acids is 1. The number of hydrogen-bond acceptors (Lipinski definition) is 7. The van der Waals surface area contributed by atoms with Gasteiger partial charge in [0.1, 0.15) is 5.75 Å². The first-order valence-electron chi connectivity index (χ1n) is 8.14. The smallest absolute Gasteiger partial charge is 0.282 e. The molecule has 2 aromatic carbocycles. The highest BCUT2D eigenvalue weighted by Crippen LogP contribution is 2.37. The first kappa shape index (κ1) is 19.6. The normalized spacial score (nSPS) is 12.2. The molecule has 0 aliphatic carbocycles. The minimum Gasteiger partial charge on any atom is -0.483 e. The van der Waals surface area contributed by atoms with Crippen LogP contribution < -0.4 is 19.6 Å². The molecule has 9 nitrogen and oxygen atoms in total. The van der Waals surface area contributed by atoms with E-state index in [0.717, 1.165) is 15.6 Å². The molecule has 10 heteroatoms. The lowest BCUT2D eigenvalue weighted by Crippen LogP contribution is -2.25. The number of nitro benzene ring substituents is 1. The van der Waals surface area contributed by atoms with Crippen molar-refractivity contribution in [3.63, 3.8) is 0 Å². The Bertz CT molecular complexity index is 953. The van der Waals surface area contributed by atoms with E-state index in [2.05, 4.69) is 26.5 Å². The SMILES string of the molecule is Cc1cc(Br)cc(C)c1OCC(=O)N/N=C/c1cc2c(cc1[N+](=O)[O-])OCO2. The van der Waals surface area contributed by atoms with Crippen LogP contribution in [0.5, 0.6) is 17.2 Å².